The number of aromatic nitrogens is 1. The lowest BCUT2D eigenvalue weighted by molar-refractivity contribution is -0.128. The Hall–Kier alpha value is -1.63. The molecule has 1 amide bonds. The summed E-state index contributed by atoms with van der Waals surface area (Å²) >= 11 is 1.17. The molecule has 0 radical (unpaired) electrons. The van der Waals surface area contributed by atoms with Gasteiger partial charge in [0.1, 0.15) is 10.6 Å². The van der Waals surface area contributed by atoms with E-state index in [9.17, 15) is 9.59 Å². The van der Waals surface area contributed by atoms with Gasteiger partial charge in [0, 0.05) is 13.1 Å². The second kappa shape index (κ2) is 7.84. The molecule has 0 saturated carbocycles. The quantitative estimate of drug-likeness (QED) is 0.779. The minimum Gasteiger partial charge on any atom is -0.462 e. The van der Waals surface area contributed by atoms with Crippen molar-refractivity contribution in [2.24, 2.45) is 0 Å². The van der Waals surface area contributed by atoms with Crippen LogP contribution in [-0.2, 0) is 9.53 Å². The molecule has 0 unspecified atom stereocenters. The third-order valence-electron chi connectivity index (χ3n) is 2.86. The maximum absolute atomic E-state index is 11.9. The maximum atomic E-state index is 11.9. The molecule has 1 aromatic rings. The third-order valence-corrected chi connectivity index (χ3v) is 3.75. The first kappa shape index (κ1) is 16.4. The molecule has 0 spiro atoms. The highest BCUT2D eigenvalue weighted by Crippen LogP contribution is 2.25. The summed E-state index contributed by atoms with van der Waals surface area (Å²) in [6.07, 6.45) is 0. The Kier molecular flexibility index (Phi) is 6.44. The van der Waals surface area contributed by atoms with Gasteiger partial charge >= 0.3 is 5.97 Å². The van der Waals surface area contributed by atoms with E-state index in [1.165, 1.54) is 11.5 Å². The van der Waals surface area contributed by atoms with Gasteiger partial charge in [-0.1, -0.05) is 0 Å². The van der Waals surface area contributed by atoms with Gasteiger partial charge in [-0.3, -0.25) is 4.79 Å². The zero-order valence-corrected chi connectivity index (χ0v) is 13.2. The van der Waals surface area contributed by atoms with Crippen LogP contribution in [0, 0.1) is 6.92 Å². The van der Waals surface area contributed by atoms with Gasteiger partial charge < -0.3 is 15.0 Å². The molecule has 7 heteroatoms. The van der Waals surface area contributed by atoms with E-state index < -0.39 is 5.97 Å². The molecule has 0 bridgehead atoms. The Bertz CT molecular complexity index is 469. The van der Waals surface area contributed by atoms with Gasteiger partial charge in [-0.15, -0.1) is 0 Å². The number of anilines is 1. The number of ether oxygens (including phenoxy) is 1. The fourth-order valence-corrected chi connectivity index (χ4v) is 2.56. The van der Waals surface area contributed by atoms with E-state index in [0.29, 0.717) is 36.0 Å². The van der Waals surface area contributed by atoms with E-state index in [1.807, 2.05) is 13.8 Å². The van der Waals surface area contributed by atoms with E-state index in [4.69, 9.17) is 4.74 Å². The van der Waals surface area contributed by atoms with Gasteiger partial charge in [-0.25, -0.2) is 4.79 Å². The van der Waals surface area contributed by atoms with Crippen molar-refractivity contribution in [3.63, 3.8) is 0 Å². The number of carbonyl (C=O) groups is 2. The number of aryl methyl sites for hydroxylation is 1. The zero-order chi connectivity index (χ0) is 15.1. The van der Waals surface area contributed by atoms with Gasteiger partial charge in [-0.05, 0) is 39.2 Å². The third kappa shape index (κ3) is 3.93. The number of amides is 1. The molecule has 20 heavy (non-hydrogen) atoms. The van der Waals surface area contributed by atoms with Gasteiger partial charge in [0.05, 0.1) is 18.8 Å². The van der Waals surface area contributed by atoms with E-state index in [1.54, 1.807) is 18.7 Å². The Balaban J connectivity index is 2.74. The van der Waals surface area contributed by atoms with Gasteiger partial charge in [0.25, 0.3) is 0 Å². The molecular weight excluding hydrogens is 278 g/mol. The van der Waals surface area contributed by atoms with Crippen molar-refractivity contribution in [3.05, 3.63) is 11.3 Å². The highest BCUT2D eigenvalue weighted by molar-refractivity contribution is 7.10. The molecule has 0 saturated heterocycles. The molecule has 0 aliphatic rings. The second-order valence-electron chi connectivity index (χ2n) is 4.11. The first-order valence-corrected chi connectivity index (χ1v) is 7.47. The molecule has 0 aliphatic heterocycles. The van der Waals surface area contributed by atoms with Crippen molar-refractivity contribution in [2.45, 2.75) is 27.7 Å². The average molecular weight is 299 g/mol. The van der Waals surface area contributed by atoms with Crippen LogP contribution in [0.3, 0.4) is 0 Å². The molecular formula is C13H21N3O3S. The van der Waals surface area contributed by atoms with Crippen LogP contribution in [0.4, 0.5) is 5.00 Å². The van der Waals surface area contributed by atoms with Crippen molar-refractivity contribution in [3.8, 4) is 0 Å². The van der Waals surface area contributed by atoms with Gasteiger partial charge in [-0.2, -0.15) is 4.37 Å². The molecule has 0 aliphatic carbocycles. The minimum absolute atomic E-state index is 0.00383. The van der Waals surface area contributed by atoms with Crippen LogP contribution in [0.5, 0.6) is 0 Å². The van der Waals surface area contributed by atoms with Crippen LogP contribution in [0.15, 0.2) is 0 Å². The predicted octanol–water partition coefficient (Wildman–Crippen LogP) is 1.91. The number of hydrogen-bond acceptors (Lipinski definition) is 6. The summed E-state index contributed by atoms with van der Waals surface area (Å²) in [7, 11) is 0. The lowest BCUT2D eigenvalue weighted by Crippen LogP contribution is -2.35. The topological polar surface area (TPSA) is 71.5 Å². The number of esters is 1. The van der Waals surface area contributed by atoms with Crippen molar-refractivity contribution in [1.82, 2.24) is 9.27 Å². The van der Waals surface area contributed by atoms with E-state index >= 15 is 0 Å². The Labute approximate surface area is 123 Å². The van der Waals surface area contributed by atoms with Crippen molar-refractivity contribution < 1.29 is 14.3 Å². The van der Waals surface area contributed by atoms with Crippen molar-refractivity contribution in [2.75, 3.05) is 31.6 Å². The molecule has 1 rings (SSSR count). The van der Waals surface area contributed by atoms with Gasteiger partial charge in [0.2, 0.25) is 5.91 Å². The second-order valence-corrected chi connectivity index (χ2v) is 4.89. The fraction of sp³-hybridized carbons (Fsp3) is 0.615. The van der Waals surface area contributed by atoms with Crippen LogP contribution in [0.25, 0.3) is 0 Å². The van der Waals surface area contributed by atoms with Crippen molar-refractivity contribution >= 4 is 28.4 Å². The maximum Gasteiger partial charge on any atom is 0.343 e. The summed E-state index contributed by atoms with van der Waals surface area (Å²) in [5.41, 5.74) is 1.04. The van der Waals surface area contributed by atoms with Crippen molar-refractivity contribution in [1.29, 1.82) is 0 Å². The number of nitrogens with zero attached hydrogens (tertiary/aromatic N) is 2. The highest BCUT2D eigenvalue weighted by Gasteiger charge is 2.20. The molecule has 1 aromatic heterocycles. The summed E-state index contributed by atoms with van der Waals surface area (Å²) in [6, 6.07) is 0. The smallest absolute Gasteiger partial charge is 0.343 e. The highest BCUT2D eigenvalue weighted by atomic mass is 32.1. The number of hydrogen-bond donors (Lipinski definition) is 1. The Morgan fingerprint density at radius 1 is 1.30 bits per heavy atom. The summed E-state index contributed by atoms with van der Waals surface area (Å²) in [4.78, 5) is 25.5. The number of carbonyl (C=O) groups excluding carboxylic acids is 2. The summed E-state index contributed by atoms with van der Waals surface area (Å²) in [5, 5.41) is 3.57. The SMILES string of the molecule is CCOC(=O)c1c(C)nsc1NCC(=O)N(CC)CC. The number of rotatable bonds is 7. The molecule has 0 atom stereocenters. The first-order valence-electron chi connectivity index (χ1n) is 6.70. The van der Waals surface area contributed by atoms with Crippen LogP contribution >= 0.6 is 11.5 Å². The Morgan fingerprint density at radius 3 is 2.50 bits per heavy atom. The standard InChI is InChI=1S/C13H21N3O3S/c1-5-16(6-2)10(17)8-14-12-11(9(4)15-20-12)13(18)19-7-3/h14H,5-8H2,1-4H3. The molecule has 0 aromatic carbocycles. The lowest BCUT2D eigenvalue weighted by Gasteiger charge is -2.18. The normalized spacial score (nSPS) is 10.2. The lowest BCUT2D eigenvalue weighted by atomic mass is 10.2. The van der Waals surface area contributed by atoms with E-state index in [0.717, 1.165) is 0 Å². The van der Waals surface area contributed by atoms with E-state index in [-0.39, 0.29) is 12.5 Å². The summed E-state index contributed by atoms with van der Waals surface area (Å²) in [5.74, 6) is -0.410. The largest absolute Gasteiger partial charge is 0.462 e. The molecule has 6 nitrogen and oxygen atoms in total. The molecule has 112 valence electrons. The zero-order valence-electron chi connectivity index (χ0n) is 12.4. The van der Waals surface area contributed by atoms with E-state index in [2.05, 4.69) is 9.69 Å². The van der Waals surface area contributed by atoms with Gasteiger partial charge in [0.15, 0.2) is 0 Å². The Morgan fingerprint density at radius 2 is 1.95 bits per heavy atom. The van der Waals surface area contributed by atoms with Crippen LogP contribution in [0.2, 0.25) is 0 Å². The monoisotopic (exact) mass is 299 g/mol. The molecule has 0 fully saturated rings. The number of likely N-dealkylation sites (N-methyl/N-ethyl adjacent to an activating group) is 1. The van der Waals surface area contributed by atoms with Crippen LogP contribution in [-0.4, -0.2) is 47.4 Å². The van der Waals surface area contributed by atoms with Crippen LogP contribution < -0.4 is 5.32 Å². The minimum atomic E-state index is -0.406. The van der Waals surface area contributed by atoms with Crippen LogP contribution in [0.1, 0.15) is 36.8 Å². The number of nitrogens with one attached hydrogen (secondary N) is 1. The molecule has 1 N–H and O–H groups in total. The summed E-state index contributed by atoms with van der Waals surface area (Å²) < 4.78 is 9.13. The molecule has 1 heterocycles. The predicted molar refractivity (Wildman–Crippen MR) is 79.2 cm³/mol. The first-order chi connectivity index (χ1) is 9.54. The fourth-order valence-electron chi connectivity index (χ4n) is 1.78. The average Bonchev–Trinajstić information content (AvgIpc) is 2.79. The summed E-state index contributed by atoms with van der Waals surface area (Å²) in [6.45, 7) is 9.17.